The molecule has 2 aromatic rings. The minimum Gasteiger partial charge on any atom is -0.279 e. The Morgan fingerprint density at radius 1 is 1.13 bits per heavy atom. The van der Waals surface area contributed by atoms with Crippen LogP contribution in [0.2, 0.25) is 10.0 Å². The SMILES string of the molecule is Cc1cccc(N(CC(=O)Cl)S(=O)(=O)c2cc(Cl)ccc2Cl)c1. The van der Waals surface area contributed by atoms with Crippen LogP contribution in [0.5, 0.6) is 0 Å². The van der Waals surface area contributed by atoms with Gasteiger partial charge in [-0.2, -0.15) is 0 Å². The van der Waals surface area contributed by atoms with Gasteiger partial charge >= 0.3 is 0 Å². The molecule has 122 valence electrons. The highest BCUT2D eigenvalue weighted by atomic mass is 35.5. The number of rotatable bonds is 5. The van der Waals surface area contributed by atoms with E-state index in [0.717, 1.165) is 9.87 Å². The number of carbonyl (C=O) groups is 1. The normalized spacial score (nSPS) is 11.3. The van der Waals surface area contributed by atoms with Crippen molar-refractivity contribution in [3.63, 3.8) is 0 Å². The van der Waals surface area contributed by atoms with Crippen molar-refractivity contribution >= 4 is 55.8 Å². The van der Waals surface area contributed by atoms with Crippen LogP contribution < -0.4 is 4.31 Å². The van der Waals surface area contributed by atoms with E-state index in [4.69, 9.17) is 34.8 Å². The van der Waals surface area contributed by atoms with Gasteiger partial charge in [0.1, 0.15) is 11.4 Å². The predicted molar refractivity (Wildman–Crippen MR) is 93.0 cm³/mol. The van der Waals surface area contributed by atoms with Gasteiger partial charge in [0.2, 0.25) is 5.24 Å². The number of hydrogen-bond donors (Lipinski definition) is 0. The van der Waals surface area contributed by atoms with E-state index in [1.807, 2.05) is 13.0 Å². The van der Waals surface area contributed by atoms with Gasteiger partial charge in [0.05, 0.1) is 10.7 Å². The lowest BCUT2D eigenvalue weighted by molar-refractivity contribution is -0.110. The van der Waals surface area contributed by atoms with Crippen LogP contribution in [0.15, 0.2) is 47.4 Å². The molecule has 0 unspecified atom stereocenters. The van der Waals surface area contributed by atoms with Crippen molar-refractivity contribution < 1.29 is 13.2 Å². The summed E-state index contributed by atoms with van der Waals surface area (Å²) >= 11 is 17.3. The van der Waals surface area contributed by atoms with E-state index >= 15 is 0 Å². The van der Waals surface area contributed by atoms with Crippen molar-refractivity contribution in [2.75, 3.05) is 10.8 Å². The third-order valence-electron chi connectivity index (χ3n) is 3.02. The number of sulfonamides is 1. The highest BCUT2D eigenvalue weighted by Gasteiger charge is 2.29. The summed E-state index contributed by atoms with van der Waals surface area (Å²) in [5.41, 5.74) is 1.15. The molecule has 0 bridgehead atoms. The van der Waals surface area contributed by atoms with Gasteiger partial charge in [-0.1, -0.05) is 35.3 Å². The largest absolute Gasteiger partial charge is 0.279 e. The van der Waals surface area contributed by atoms with Crippen LogP contribution in [0.1, 0.15) is 5.56 Å². The standard InChI is InChI=1S/C15H12Cl3NO3S/c1-10-3-2-4-12(7-10)19(9-15(18)20)23(21,22)14-8-11(16)5-6-13(14)17/h2-8H,9H2,1H3. The van der Waals surface area contributed by atoms with E-state index in [1.54, 1.807) is 18.2 Å². The van der Waals surface area contributed by atoms with Crippen LogP contribution in [0, 0.1) is 6.92 Å². The number of carbonyl (C=O) groups excluding carboxylic acids is 1. The summed E-state index contributed by atoms with van der Waals surface area (Å²) in [7, 11) is -4.11. The molecule has 0 aliphatic carbocycles. The third-order valence-corrected chi connectivity index (χ3v) is 5.63. The van der Waals surface area contributed by atoms with Crippen LogP contribution in [0.4, 0.5) is 5.69 Å². The summed E-state index contributed by atoms with van der Waals surface area (Å²) in [5, 5.41) is -0.586. The molecule has 0 spiro atoms. The summed E-state index contributed by atoms with van der Waals surface area (Å²) in [6.07, 6.45) is 0. The van der Waals surface area contributed by atoms with E-state index < -0.39 is 21.8 Å². The molecule has 0 atom stereocenters. The molecule has 0 aliphatic rings. The van der Waals surface area contributed by atoms with Crippen LogP contribution in [0.25, 0.3) is 0 Å². The molecule has 4 nitrogen and oxygen atoms in total. The molecule has 0 saturated carbocycles. The second-order valence-corrected chi connectivity index (χ2v) is 7.88. The Balaban J connectivity index is 2.62. The Labute approximate surface area is 149 Å². The maximum Gasteiger partial charge on any atom is 0.266 e. The monoisotopic (exact) mass is 391 g/mol. The number of benzene rings is 2. The quantitative estimate of drug-likeness (QED) is 0.714. The van der Waals surface area contributed by atoms with Crippen molar-refractivity contribution in [2.45, 2.75) is 11.8 Å². The fourth-order valence-electron chi connectivity index (χ4n) is 2.00. The van der Waals surface area contributed by atoms with E-state index in [1.165, 1.54) is 18.2 Å². The van der Waals surface area contributed by atoms with Gasteiger partial charge in [0, 0.05) is 5.02 Å². The second kappa shape index (κ2) is 7.09. The summed E-state index contributed by atoms with van der Waals surface area (Å²) in [6.45, 7) is 1.29. The molecule has 0 fully saturated rings. The smallest absolute Gasteiger partial charge is 0.266 e. The Kier molecular flexibility index (Phi) is 5.57. The molecule has 0 saturated heterocycles. The van der Waals surface area contributed by atoms with Crippen LogP contribution in [-0.4, -0.2) is 20.2 Å². The van der Waals surface area contributed by atoms with Crippen molar-refractivity contribution in [1.29, 1.82) is 0 Å². The summed E-state index contributed by atoms with van der Waals surface area (Å²) in [4.78, 5) is 11.2. The number of nitrogens with zero attached hydrogens (tertiary/aromatic N) is 1. The lowest BCUT2D eigenvalue weighted by Crippen LogP contribution is -2.34. The maximum absolute atomic E-state index is 12.9. The van der Waals surface area contributed by atoms with E-state index in [2.05, 4.69) is 0 Å². The molecule has 0 aliphatic heterocycles. The molecule has 0 amide bonds. The zero-order valence-corrected chi connectivity index (χ0v) is 15.0. The lowest BCUT2D eigenvalue weighted by atomic mass is 10.2. The van der Waals surface area contributed by atoms with Gasteiger partial charge in [-0.15, -0.1) is 0 Å². The summed E-state index contributed by atoms with van der Waals surface area (Å²) in [5.74, 6) is 0. The Morgan fingerprint density at radius 3 is 2.43 bits per heavy atom. The molecule has 2 rings (SSSR count). The maximum atomic E-state index is 12.9. The lowest BCUT2D eigenvalue weighted by Gasteiger charge is -2.24. The van der Waals surface area contributed by atoms with Gasteiger partial charge in [-0.05, 0) is 54.4 Å². The first-order valence-corrected chi connectivity index (χ1v) is 9.02. The molecule has 0 radical (unpaired) electrons. The first-order chi connectivity index (χ1) is 10.7. The van der Waals surface area contributed by atoms with Crippen LogP contribution >= 0.6 is 34.8 Å². The number of hydrogen-bond acceptors (Lipinski definition) is 3. The molecule has 2 aromatic carbocycles. The molecular weight excluding hydrogens is 381 g/mol. The predicted octanol–water partition coefficient (Wildman–Crippen LogP) is 4.26. The number of aryl methyl sites for hydroxylation is 1. The van der Waals surface area contributed by atoms with Crippen molar-refractivity contribution in [3.8, 4) is 0 Å². The highest BCUT2D eigenvalue weighted by Crippen LogP contribution is 2.31. The van der Waals surface area contributed by atoms with E-state index in [9.17, 15) is 13.2 Å². The Bertz CT molecular complexity index is 853. The minimum atomic E-state index is -4.11. The second-order valence-electron chi connectivity index (χ2n) is 4.78. The van der Waals surface area contributed by atoms with Gasteiger partial charge in [-0.3, -0.25) is 9.10 Å². The minimum absolute atomic E-state index is 0.00840. The van der Waals surface area contributed by atoms with Crippen molar-refractivity contribution in [1.82, 2.24) is 0 Å². The summed E-state index contributed by atoms with van der Waals surface area (Å²) in [6, 6.07) is 10.8. The summed E-state index contributed by atoms with van der Waals surface area (Å²) < 4.78 is 26.8. The molecule has 0 N–H and O–H groups in total. The number of anilines is 1. The first kappa shape index (κ1) is 18.1. The molecular formula is C15H12Cl3NO3S. The van der Waals surface area contributed by atoms with Crippen LogP contribution in [0.3, 0.4) is 0 Å². The zero-order chi connectivity index (χ0) is 17.2. The van der Waals surface area contributed by atoms with Gasteiger partial charge in [0.15, 0.2) is 0 Å². The molecule has 0 aromatic heterocycles. The highest BCUT2D eigenvalue weighted by molar-refractivity contribution is 7.93. The fourth-order valence-corrected chi connectivity index (χ4v) is 4.35. The number of halogens is 3. The average Bonchev–Trinajstić information content (AvgIpc) is 2.47. The molecule has 0 heterocycles. The van der Waals surface area contributed by atoms with Gasteiger partial charge < -0.3 is 0 Å². The topological polar surface area (TPSA) is 54.5 Å². The molecule has 8 heteroatoms. The van der Waals surface area contributed by atoms with E-state index in [0.29, 0.717) is 5.69 Å². The zero-order valence-electron chi connectivity index (χ0n) is 12.0. The van der Waals surface area contributed by atoms with Gasteiger partial charge in [0.25, 0.3) is 10.0 Å². The first-order valence-electron chi connectivity index (χ1n) is 6.44. The Morgan fingerprint density at radius 2 is 1.83 bits per heavy atom. The molecule has 23 heavy (non-hydrogen) atoms. The van der Waals surface area contributed by atoms with Crippen LogP contribution in [-0.2, 0) is 14.8 Å². The van der Waals surface area contributed by atoms with E-state index in [-0.39, 0.29) is 14.9 Å². The third kappa shape index (κ3) is 4.18. The van der Waals surface area contributed by atoms with Crippen molar-refractivity contribution in [3.05, 3.63) is 58.1 Å². The Hall–Kier alpha value is -1.27. The van der Waals surface area contributed by atoms with Gasteiger partial charge in [-0.25, -0.2) is 8.42 Å². The fraction of sp³-hybridized carbons (Fsp3) is 0.133. The van der Waals surface area contributed by atoms with Crippen molar-refractivity contribution in [2.24, 2.45) is 0 Å². The average molecular weight is 393 g/mol.